The van der Waals surface area contributed by atoms with Gasteiger partial charge in [0.15, 0.2) is 5.03 Å². The second-order valence-electron chi connectivity index (χ2n) is 7.50. The second kappa shape index (κ2) is 6.93. The lowest BCUT2D eigenvalue weighted by Gasteiger charge is -2.32. The zero-order valence-corrected chi connectivity index (χ0v) is 17.1. The zero-order chi connectivity index (χ0) is 20.1. The van der Waals surface area contributed by atoms with Crippen molar-refractivity contribution in [2.75, 3.05) is 25.0 Å². The highest BCUT2D eigenvalue weighted by atomic mass is 32.2. The summed E-state index contributed by atoms with van der Waals surface area (Å²) in [6.07, 6.45) is 5.65. The van der Waals surface area contributed by atoms with Gasteiger partial charge in [-0.3, -0.25) is 9.69 Å². The maximum atomic E-state index is 12.9. The highest BCUT2D eigenvalue weighted by Gasteiger charge is 2.34. The van der Waals surface area contributed by atoms with Crippen LogP contribution < -0.4 is 4.90 Å². The quantitative estimate of drug-likeness (QED) is 0.756. The highest BCUT2D eigenvalue weighted by Crippen LogP contribution is 2.32. The molecule has 0 spiro atoms. The van der Waals surface area contributed by atoms with E-state index >= 15 is 0 Å². The standard InChI is InChI=1S/C18H24N6O3S/c1-12-14-6-7-16(25)23(3)18(14)21-17(20-12)13-5-4-8-24(9-13)28(26,27)15-10-22(2)11-19-15/h10-11,13H,4-9H2,1-3H3/t13-/m1/s1. The average Bonchev–Trinajstić information content (AvgIpc) is 3.12. The maximum absolute atomic E-state index is 12.9. The molecule has 0 aromatic carbocycles. The lowest BCUT2D eigenvalue weighted by Crippen LogP contribution is -2.40. The van der Waals surface area contributed by atoms with E-state index in [0.717, 1.165) is 24.1 Å². The fourth-order valence-electron chi connectivity index (χ4n) is 3.90. The highest BCUT2D eigenvalue weighted by molar-refractivity contribution is 7.89. The Balaban J connectivity index is 1.64. The van der Waals surface area contributed by atoms with Crippen molar-refractivity contribution in [1.29, 1.82) is 0 Å². The van der Waals surface area contributed by atoms with Crippen LogP contribution in [0.3, 0.4) is 0 Å². The predicted octanol–water partition coefficient (Wildman–Crippen LogP) is 0.996. The summed E-state index contributed by atoms with van der Waals surface area (Å²) in [5.74, 6) is 1.20. The molecule has 0 saturated carbocycles. The molecule has 0 N–H and O–H groups in total. The van der Waals surface area contributed by atoms with Crippen LogP contribution in [0.25, 0.3) is 0 Å². The molecule has 2 aliphatic heterocycles. The number of piperidine rings is 1. The van der Waals surface area contributed by atoms with E-state index < -0.39 is 10.0 Å². The van der Waals surface area contributed by atoms with Gasteiger partial charge in [-0.2, -0.15) is 4.31 Å². The second-order valence-corrected chi connectivity index (χ2v) is 9.39. The third kappa shape index (κ3) is 3.20. The number of amides is 1. The summed E-state index contributed by atoms with van der Waals surface area (Å²) in [6, 6.07) is 0. The number of fused-ring (bicyclic) bond motifs is 1. The molecule has 0 radical (unpaired) electrons. The normalized spacial score (nSPS) is 21.0. The van der Waals surface area contributed by atoms with E-state index in [9.17, 15) is 13.2 Å². The number of imidazole rings is 1. The number of rotatable bonds is 3. The van der Waals surface area contributed by atoms with Gasteiger partial charge in [0.25, 0.3) is 10.0 Å². The zero-order valence-electron chi connectivity index (χ0n) is 16.3. The van der Waals surface area contributed by atoms with Gasteiger partial charge in [0.05, 0.1) is 6.33 Å². The summed E-state index contributed by atoms with van der Waals surface area (Å²) in [4.78, 5) is 27.0. The van der Waals surface area contributed by atoms with Gasteiger partial charge >= 0.3 is 0 Å². The number of anilines is 1. The molecular weight excluding hydrogens is 380 g/mol. The first-order chi connectivity index (χ1) is 13.3. The average molecular weight is 404 g/mol. The van der Waals surface area contributed by atoms with Crippen molar-refractivity contribution < 1.29 is 13.2 Å². The summed E-state index contributed by atoms with van der Waals surface area (Å²) in [5, 5.41) is 0.0588. The molecule has 1 amide bonds. The van der Waals surface area contributed by atoms with Crippen molar-refractivity contribution >= 4 is 21.7 Å². The van der Waals surface area contributed by atoms with Crippen LogP contribution in [-0.2, 0) is 28.3 Å². The fourth-order valence-corrected chi connectivity index (χ4v) is 5.39. The van der Waals surface area contributed by atoms with Crippen LogP contribution in [0, 0.1) is 6.92 Å². The Morgan fingerprint density at radius 2 is 1.96 bits per heavy atom. The van der Waals surface area contributed by atoms with Crippen molar-refractivity contribution in [3.63, 3.8) is 0 Å². The number of nitrogens with zero attached hydrogens (tertiary/aromatic N) is 6. The van der Waals surface area contributed by atoms with E-state index in [1.54, 1.807) is 23.6 Å². The van der Waals surface area contributed by atoms with Crippen LogP contribution in [0.4, 0.5) is 5.82 Å². The molecule has 9 nitrogen and oxygen atoms in total. The van der Waals surface area contributed by atoms with Crippen LogP contribution in [0.1, 0.15) is 42.3 Å². The van der Waals surface area contributed by atoms with Gasteiger partial charge in [-0.25, -0.2) is 23.4 Å². The lowest BCUT2D eigenvalue weighted by atomic mass is 9.97. The van der Waals surface area contributed by atoms with Crippen molar-refractivity contribution in [1.82, 2.24) is 23.8 Å². The van der Waals surface area contributed by atoms with Gasteiger partial charge in [0.2, 0.25) is 5.91 Å². The number of aryl methyl sites for hydroxylation is 2. The first-order valence-electron chi connectivity index (χ1n) is 9.39. The molecule has 150 valence electrons. The van der Waals surface area contributed by atoms with E-state index in [0.29, 0.717) is 37.6 Å². The predicted molar refractivity (Wildman–Crippen MR) is 102 cm³/mol. The van der Waals surface area contributed by atoms with E-state index in [-0.39, 0.29) is 16.9 Å². The summed E-state index contributed by atoms with van der Waals surface area (Å²) < 4.78 is 28.9. The number of carbonyl (C=O) groups excluding carboxylic acids is 1. The molecule has 4 rings (SSSR count). The van der Waals surface area contributed by atoms with E-state index in [2.05, 4.69) is 15.0 Å². The van der Waals surface area contributed by atoms with E-state index in [1.807, 2.05) is 6.92 Å². The molecule has 0 aliphatic carbocycles. The van der Waals surface area contributed by atoms with Gasteiger partial charge in [-0.15, -0.1) is 0 Å². The number of hydrogen-bond donors (Lipinski definition) is 0. The first kappa shape index (κ1) is 19.0. The first-order valence-corrected chi connectivity index (χ1v) is 10.8. The summed E-state index contributed by atoms with van der Waals surface area (Å²) in [7, 11) is -0.174. The molecule has 2 aliphatic rings. The van der Waals surface area contributed by atoms with Gasteiger partial charge in [0.1, 0.15) is 11.6 Å². The Labute approximate surface area is 164 Å². The topological polar surface area (TPSA) is 101 Å². The number of hydrogen-bond acceptors (Lipinski definition) is 6. The summed E-state index contributed by atoms with van der Waals surface area (Å²) in [6.45, 7) is 2.70. The Kier molecular flexibility index (Phi) is 4.70. The SMILES string of the molecule is Cc1nc([C@@H]2CCCN(S(=O)(=O)c3cn(C)cn3)C2)nc2c1CCC(=O)N2C. The fraction of sp³-hybridized carbons (Fsp3) is 0.556. The van der Waals surface area contributed by atoms with Crippen molar-refractivity contribution in [2.24, 2.45) is 7.05 Å². The smallest absolute Gasteiger partial charge is 0.262 e. The Morgan fingerprint density at radius 1 is 1.18 bits per heavy atom. The van der Waals surface area contributed by atoms with Crippen LogP contribution in [0.2, 0.25) is 0 Å². The monoisotopic (exact) mass is 404 g/mol. The van der Waals surface area contributed by atoms with Crippen LogP contribution in [0.5, 0.6) is 0 Å². The molecule has 1 atom stereocenters. The van der Waals surface area contributed by atoms with Crippen LogP contribution in [-0.4, -0.2) is 58.3 Å². The largest absolute Gasteiger partial charge is 0.339 e. The maximum Gasteiger partial charge on any atom is 0.262 e. The van der Waals surface area contributed by atoms with Crippen molar-refractivity contribution in [3.05, 3.63) is 29.6 Å². The number of aromatic nitrogens is 4. The minimum atomic E-state index is -3.65. The van der Waals surface area contributed by atoms with Gasteiger partial charge in [-0.05, 0) is 26.2 Å². The van der Waals surface area contributed by atoms with Gasteiger partial charge in [0, 0.05) is 57.0 Å². The van der Waals surface area contributed by atoms with Crippen LogP contribution >= 0.6 is 0 Å². The third-order valence-corrected chi connectivity index (χ3v) is 7.28. The molecule has 1 fully saturated rings. The minimum Gasteiger partial charge on any atom is -0.339 e. The summed E-state index contributed by atoms with van der Waals surface area (Å²) >= 11 is 0. The summed E-state index contributed by atoms with van der Waals surface area (Å²) in [5.41, 5.74) is 1.86. The molecular formula is C18H24N6O3S. The molecule has 0 unspecified atom stereocenters. The third-order valence-electron chi connectivity index (χ3n) is 5.52. The molecule has 10 heteroatoms. The molecule has 1 saturated heterocycles. The Hall–Kier alpha value is -2.33. The van der Waals surface area contributed by atoms with Crippen molar-refractivity contribution in [2.45, 2.75) is 43.6 Å². The Morgan fingerprint density at radius 3 is 2.68 bits per heavy atom. The van der Waals surface area contributed by atoms with Gasteiger partial charge in [-0.1, -0.05) is 0 Å². The van der Waals surface area contributed by atoms with E-state index in [1.165, 1.54) is 16.8 Å². The minimum absolute atomic E-state index is 0.0413. The number of sulfonamides is 1. The number of carbonyl (C=O) groups is 1. The van der Waals surface area contributed by atoms with Crippen molar-refractivity contribution in [3.8, 4) is 0 Å². The molecule has 2 aromatic rings. The molecule has 0 bridgehead atoms. The van der Waals surface area contributed by atoms with Crippen LogP contribution in [0.15, 0.2) is 17.6 Å². The lowest BCUT2D eigenvalue weighted by molar-refractivity contribution is -0.118. The molecule has 28 heavy (non-hydrogen) atoms. The Bertz CT molecular complexity index is 1030. The molecule has 4 heterocycles. The molecule has 2 aromatic heterocycles. The van der Waals surface area contributed by atoms with E-state index in [4.69, 9.17) is 0 Å². The van der Waals surface area contributed by atoms with Gasteiger partial charge < -0.3 is 4.57 Å².